The predicted molar refractivity (Wildman–Crippen MR) is 94.2 cm³/mol. The molecule has 0 amide bonds. The molecule has 0 spiro atoms. The first-order chi connectivity index (χ1) is 11.2. The molecule has 1 aromatic carbocycles. The van der Waals surface area contributed by atoms with E-state index in [0.717, 1.165) is 18.2 Å². The monoisotopic (exact) mass is 334 g/mol. The van der Waals surface area contributed by atoms with E-state index in [1.54, 1.807) is 0 Å². The fourth-order valence-electron chi connectivity index (χ4n) is 4.13. The van der Waals surface area contributed by atoms with Gasteiger partial charge in [0.25, 0.3) is 0 Å². The molecule has 0 unspecified atom stereocenters. The summed E-state index contributed by atoms with van der Waals surface area (Å²) < 4.78 is 5.77. The molecule has 2 heterocycles. The van der Waals surface area contributed by atoms with Crippen molar-refractivity contribution in [2.75, 3.05) is 45.9 Å². The molecule has 1 atom stereocenters. The van der Waals surface area contributed by atoms with Gasteiger partial charge >= 0.3 is 0 Å². The molecule has 4 rings (SSSR count). The highest BCUT2D eigenvalue weighted by molar-refractivity contribution is 6.30. The van der Waals surface area contributed by atoms with E-state index in [2.05, 4.69) is 21.9 Å². The molecule has 3 aliphatic rings. The molecule has 2 aliphatic heterocycles. The Balaban J connectivity index is 1.28. The van der Waals surface area contributed by atoms with Gasteiger partial charge in [0.15, 0.2) is 0 Å². The largest absolute Gasteiger partial charge is 0.377 e. The second-order valence-corrected chi connectivity index (χ2v) is 7.94. The van der Waals surface area contributed by atoms with Crippen molar-refractivity contribution >= 4 is 11.6 Å². The number of halogens is 1. The maximum absolute atomic E-state index is 6.03. The first kappa shape index (κ1) is 15.9. The number of ether oxygens (including phenoxy) is 1. The van der Waals surface area contributed by atoms with Gasteiger partial charge in [-0.25, -0.2) is 0 Å². The van der Waals surface area contributed by atoms with Gasteiger partial charge in [-0.15, -0.1) is 0 Å². The zero-order valence-corrected chi connectivity index (χ0v) is 14.6. The van der Waals surface area contributed by atoms with Crippen LogP contribution in [0.5, 0.6) is 0 Å². The lowest BCUT2D eigenvalue weighted by molar-refractivity contribution is 0.0486. The third kappa shape index (κ3) is 3.74. The minimum absolute atomic E-state index is 0.404. The summed E-state index contributed by atoms with van der Waals surface area (Å²) >= 11 is 6.03. The van der Waals surface area contributed by atoms with Crippen molar-refractivity contribution in [3.05, 3.63) is 34.9 Å². The molecule has 1 aliphatic carbocycles. The van der Waals surface area contributed by atoms with E-state index in [4.69, 9.17) is 16.3 Å². The van der Waals surface area contributed by atoms with E-state index >= 15 is 0 Å². The van der Waals surface area contributed by atoms with Gasteiger partial charge in [0, 0.05) is 56.3 Å². The number of benzene rings is 1. The maximum Gasteiger partial charge on any atom is 0.0702 e. The lowest BCUT2D eigenvalue weighted by Gasteiger charge is -2.37. The van der Waals surface area contributed by atoms with Crippen LogP contribution in [0.1, 0.15) is 31.2 Å². The summed E-state index contributed by atoms with van der Waals surface area (Å²) in [4.78, 5) is 5.25. The first-order valence-electron chi connectivity index (χ1n) is 9.06. The van der Waals surface area contributed by atoms with Gasteiger partial charge in [0.1, 0.15) is 0 Å². The second-order valence-electron chi connectivity index (χ2n) is 7.50. The van der Waals surface area contributed by atoms with Crippen LogP contribution in [-0.4, -0.2) is 61.8 Å². The molecule has 0 bridgehead atoms. The van der Waals surface area contributed by atoms with Crippen LogP contribution in [0.2, 0.25) is 5.02 Å². The van der Waals surface area contributed by atoms with Gasteiger partial charge in [-0.05, 0) is 43.4 Å². The molecule has 4 heteroatoms. The Bertz CT molecular complexity index is 515. The van der Waals surface area contributed by atoms with E-state index in [-0.39, 0.29) is 0 Å². The van der Waals surface area contributed by atoms with Crippen LogP contribution in [0.25, 0.3) is 0 Å². The second kappa shape index (κ2) is 6.72. The van der Waals surface area contributed by atoms with Crippen LogP contribution in [0.4, 0.5) is 0 Å². The van der Waals surface area contributed by atoms with Gasteiger partial charge in [-0.3, -0.25) is 9.80 Å². The Hall–Kier alpha value is -0.610. The molecule has 0 radical (unpaired) electrons. The number of nitrogens with zero attached hydrogens (tertiary/aromatic N) is 2. The highest BCUT2D eigenvalue weighted by Gasteiger charge is 2.45. The number of rotatable bonds is 5. The van der Waals surface area contributed by atoms with Gasteiger partial charge in [0.2, 0.25) is 0 Å². The van der Waals surface area contributed by atoms with Crippen LogP contribution in [0.15, 0.2) is 24.3 Å². The first-order valence-corrected chi connectivity index (χ1v) is 9.44. The van der Waals surface area contributed by atoms with Crippen LogP contribution in [0.3, 0.4) is 0 Å². The Kier molecular flexibility index (Phi) is 4.64. The van der Waals surface area contributed by atoms with Crippen molar-refractivity contribution in [3.63, 3.8) is 0 Å². The van der Waals surface area contributed by atoms with Crippen molar-refractivity contribution in [2.24, 2.45) is 0 Å². The maximum atomic E-state index is 6.03. The zero-order valence-electron chi connectivity index (χ0n) is 13.8. The highest BCUT2D eigenvalue weighted by Crippen LogP contribution is 2.49. The van der Waals surface area contributed by atoms with Gasteiger partial charge in [-0.1, -0.05) is 23.7 Å². The van der Waals surface area contributed by atoms with Crippen molar-refractivity contribution in [3.8, 4) is 0 Å². The number of hydrogen-bond donors (Lipinski definition) is 0. The average molecular weight is 335 g/mol. The fourth-order valence-corrected chi connectivity index (χ4v) is 4.25. The quantitative estimate of drug-likeness (QED) is 0.822. The van der Waals surface area contributed by atoms with Crippen molar-refractivity contribution in [1.29, 1.82) is 0 Å². The lowest BCUT2D eigenvalue weighted by atomic mass is 9.95. The molecule has 1 aromatic rings. The van der Waals surface area contributed by atoms with Crippen LogP contribution in [0, 0.1) is 0 Å². The molecule has 23 heavy (non-hydrogen) atoms. The van der Waals surface area contributed by atoms with Crippen molar-refractivity contribution < 1.29 is 4.74 Å². The lowest BCUT2D eigenvalue weighted by Crippen LogP contribution is -2.50. The molecular weight excluding hydrogens is 308 g/mol. The molecule has 2 saturated heterocycles. The fraction of sp³-hybridized carbons (Fsp3) is 0.684. The number of hydrogen-bond acceptors (Lipinski definition) is 3. The molecule has 0 aromatic heterocycles. The SMILES string of the molecule is Clc1ccc(C2(CN3CCN(C[C@@H]4CCCO4)CC3)CC2)cc1. The van der Waals surface area contributed by atoms with E-state index in [1.807, 2.05) is 12.1 Å². The summed E-state index contributed by atoms with van der Waals surface area (Å²) in [6, 6.07) is 8.53. The number of piperazine rings is 1. The zero-order chi connectivity index (χ0) is 15.7. The summed E-state index contributed by atoms with van der Waals surface area (Å²) in [5.74, 6) is 0. The van der Waals surface area contributed by atoms with Crippen LogP contribution >= 0.6 is 11.6 Å². The van der Waals surface area contributed by atoms with Gasteiger partial charge in [-0.2, -0.15) is 0 Å². The molecule has 1 saturated carbocycles. The Labute approximate surface area is 144 Å². The van der Waals surface area contributed by atoms with Gasteiger partial charge < -0.3 is 4.74 Å². The van der Waals surface area contributed by atoms with E-state index < -0.39 is 0 Å². The van der Waals surface area contributed by atoms with E-state index in [9.17, 15) is 0 Å². The topological polar surface area (TPSA) is 15.7 Å². The summed E-state index contributed by atoms with van der Waals surface area (Å²) in [6.45, 7) is 8.09. The minimum Gasteiger partial charge on any atom is -0.377 e. The highest BCUT2D eigenvalue weighted by atomic mass is 35.5. The standard InChI is InChI=1S/C19H27ClN2O/c20-17-5-3-16(4-6-17)19(7-8-19)15-22-11-9-21(10-12-22)14-18-2-1-13-23-18/h3-6,18H,1-2,7-15H2/t18-/m0/s1. The van der Waals surface area contributed by atoms with E-state index in [0.29, 0.717) is 11.5 Å². The molecule has 3 nitrogen and oxygen atoms in total. The van der Waals surface area contributed by atoms with Crippen LogP contribution in [-0.2, 0) is 10.2 Å². The molecule has 3 fully saturated rings. The molecule has 126 valence electrons. The Morgan fingerprint density at radius 2 is 1.74 bits per heavy atom. The average Bonchev–Trinajstić information content (AvgIpc) is 3.16. The van der Waals surface area contributed by atoms with Gasteiger partial charge in [0.05, 0.1) is 6.10 Å². The molecular formula is C19H27ClN2O. The normalized spacial score (nSPS) is 28.1. The smallest absolute Gasteiger partial charge is 0.0702 e. The third-order valence-electron chi connectivity index (χ3n) is 5.79. The predicted octanol–water partition coefficient (Wildman–Crippen LogP) is 3.17. The minimum atomic E-state index is 0.404. The summed E-state index contributed by atoms with van der Waals surface area (Å²) in [5.41, 5.74) is 1.88. The third-order valence-corrected chi connectivity index (χ3v) is 6.04. The Morgan fingerprint density at radius 3 is 2.35 bits per heavy atom. The summed E-state index contributed by atoms with van der Waals surface area (Å²) in [6.07, 6.45) is 5.63. The summed E-state index contributed by atoms with van der Waals surface area (Å²) in [7, 11) is 0. The summed E-state index contributed by atoms with van der Waals surface area (Å²) in [5, 5.41) is 0.840. The Morgan fingerprint density at radius 1 is 1.04 bits per heavy atom. The van der Waals surface area contributed by atoms with E-state index in [1.165, 1.54) is 64.0 Å². The van der Waals surface area contributed by atoms with Crippen molar-refractivity contribution in [2.45, 2.75) is 37.2 Å². The van der Waals surface area contributed by atoms with Crippen molar-refractivity contribution in [1.82, 2.24) is 9.80 Å². The molecule has 0 N–H and O–H groups in total. The van der Waals surface area contributed by atoms with Crippen LogP contribution < -0.4 is 0 Å².